The largest absolute Gasteiger partial charge is 0.331 e. The molecule has 0 N–H and O–H groups in total. The van der Waals surface area contributed by atoms with Gasteiger partial charge in [0.25, 0.3) is 0 Å². The summed E-state index contributed by atoms with van der Waals surface area (Å²) in [6.07, 6.45) is 2.11. The Morgan fingerprint density at radius 2 is 1.73 bits per heavy atom. The number of carbonyl (C=O) groups excluding carboxylic acids is 4. The lowest BCUT2D eigenvalue weighted by atomic mass is 9.79. The van der Waals surface area contributed by atoms with Crippen molar-refractivity contribution in [2.45, 2.75) is 38.3 Å². The number of amides is 4. The van der Waals surface area contributed by atoms with E-state index in [0.717, 1.165) is 12.8 Å². The van der Waals surface area contributed by atoms with Gasteiger partial charge in [0.15, 0.2) is 0 Å². The molecule has 3 saturated heterocycles. The Bertz CT molecular complexity index is 960. The number of halogens is 1. The number of likely N-dealkylation sites (tertiary alicyclic amines) is 1. The molecular formula is C22H24ClN3O4. The van der Waals surface area contributed by atoms with Gasteiger partial charge in [-0.05, 0) is 50.3 Å². The fraction of sp³-hybridized carbons (Fsp3) is 0.545. The number of imide groups is 1. The standard InChI is InChI=1S/C22H24ClN3O4/c1-3-25-19(28)16-17(20(25)29)22(2)21(30)24(10-12-4-5-12)11-15(27)26(22)18(16)13-6-8-14(23)9-7-13/h6-9,12,16-18H,3-5,10-11H2,1-2H3/t16-,17-,18-,22-/m1/s1. The van der Waals surface area contributed by atoms with Gasteiger partial charge in [0.05, 0.1) is 24.4 Å². The maximum atomic E-state index is 13.7. The molecule has 0 bridgehead atoms. The van der Waals surface area contributed by atoms with Crippen LogP contribution in [0, 0.1) is 17.8 Å². The van der Waals surface area contributed by atoms with Crippen LogP contribution in [-0.4, -0.2) is 63.5 Å². The first-order chi connectivity index (χ1) is 14.3. The second kappa shape index (κ2) is 6.54. The molecule has 0 aromatic heterocycles. The number of hydrogen-bond donors (Lipinski definition) is 0. The normalized spacial score (nSPS) is 33.4. The van der Waals surface area contributed by atoms with Crippen LogP contribution in [0.25, 0.3) is 0 Å². The summed E-state index contributed by atoms with van der Waals surface area (Å²) < 4.78 is 0. The Morgan fingerprint density at radius 3 is 2.33 bits per heavy atom. The lowest BCUT2D eigenvalue weighted by molar-refractivity contribution is -0.167. The molecule has 30 heavy (non-hydrogen) atoms. The molecule has 8 heteroatoms. The number of fused-ring (bicyclic) bond motifs is 3. The third-order valence-corrected chi connectivity index (χ3v) is 7.44. The van der Waals surface area contributed by atoms with E-state index in [1.807, 2.05) is 0 Å². The molecule has 4 aliphatic rings. The van der Waals surface area contributed by atoms with E-state index in [1.165, 1.54) is 9.80 Å². The van der Waals surface area contributed by atoms with Crippen LogP contribution in [0.2, 0.25) is 5.02 Å². The average Bonchev–Trinajstić information content (AvgIpc) is 3.42. The zero-order valence-corrected chi connectivity index (χ0v) is 17.8. The van der Waals surface area contributed by atoms with Gasteiger partial charge in [-0.25, -0.2) is 0 Å². The lowest BCUT2D eigenvalue weighted by Gasteiger charge is -2.47. The second-order valence-electron chi connectivity index (χ2n) is 8.96. The van der Waals surface area contributed by atoms with Gasteiger partial charge in [-0.2, -0.15) is 0 Å². The molecule has 0 radical (unpaired) electrons. The van der Waals surface area contributed by atoms with Crippen LogP contribution in [0.5, 0.6) is 0 Å². The number of piperazine rings is 1. The Hall–Kier alpha value is -2.41. The Morgan fingerprint density at radius 1 is 1.07 bits per heavy atom. The number of benzene rings is 1. The van der Waals surface area contributed by atoms with Crippen LogP contribution >= 0.6 is 11.6 Å². The van der Waals surface area contributed by atoms with Crippen molar-refractivity contribution < 1.29 is 19.2 Å². The quantitative estimate of drug-likeness (QED) is 0.684. The summed E-state index contributed by atoms with van der Waals surface area (Å²) in [6, 6.07) is 6.30. The number of rotatable bonds is 4. The molecule has 3 heterocycles. The minimum absolute atomic E-state index is 0.00563. The fourth-order valence-corrected chi connectivity index (χ4v) is 5.75. The molecule has 5 rings (SSSR count). The zero-order chi connectivity index (χ0) is 21.4. The highest BCUT2D eigenvalue weighted by atomic mass is 35.5. The second-order valence-corrected chi connectivity index (χ2v) is 9.40. The highest BCUT2D eigenvalue weighted by molar-refractivity contribution is 6.30. The molecule has 1 aromatic carbocycles. The van der Waals surface area contributed by atoms with E-state index >= 15 is 0 Å². The molecule has 3 aliphatic heterocycles. The van der Waals surface area contributed by atoms with Gasteiger partial charge in [0.1, 0.15) is 5.54 Å². The third-order valence-electron chi connectivity index (χ3n) is 7.19. The van der Waals surface area contributed by atoms with Crippen molar-refractivity contribution in [1.82, 2.24) is 14.7 Å². The molecular weight excluding hydrogens is 406 g/mol. The number of hydrogen-bond acceptors (Lipinski definition) is 4. The average molecular weight is 430 g/mol. The highest BCUT2D eigenvalue weighted by Gasteiger charge is 2.72. The molecule has 1 aromatic rings. The van der Waals surface area contributed by atoms with E-state index < -0.39 is 23.4 Å². The maximum absolute atomic E-state index is 13.7. The summed E-state index contributed by atoms with van der Waals surface area (Å²) >= 11 is 6.05. The number of nitrogens with zero attached hydrogens (tertiary/aromatic N) is 3. The van der Waals surface area contributed by atoms with E-state index in [-0.39, 0.29) is 36.7 Å². The van der Waals surface area contributed by atoms with Crippen molar-refractivity contribution in [3.05, 3.63) is 34.9 Å². The van der Waals surface area contributed by atoms with Crippen molar-refractivity contribution in [1.29, 1.82) is 0 Å². The van der Waals surface area contributed by atoms with E-state index in [1.54, 1.807) is 43.0 Å². The molecule has 0 spiro atoms. The minimum atomic E-state index is -1.37. The van der Waals surface area contributed by atoms with Crippen molar-refractivity contribution in [2.24, 2.45) is 17.8 Å². The fourth-order valence-electron chi connectivity index (χ4n) is 5.63. The van der Waals surface area contributed by atoms with Crippen LogP contribution < -0.4 is 0 Å². The molecule has 4 atom stereocenters. The van der Waals surface area contributed by atoms with Gasteiger partial charge in [-0.1, -0.05) is 23.7 Å². The summed E-state index contributed by atoms with van der Waals surface area (Å²) in [5, 5.41) is 0.539. The summed E-state index contributed by atoms with van der Waals surface area (Å²) in [6.45, 7) is 4.21. The van der Waals surface area contributed by atoms with Crippen LogP contribution in [0.1, 0.15) is 38.3 Å². The highest BCUT2D eigenvalue weighted by Crippen LogP contribution is 2.56. The first kappa shape index (κ1) is 19.5. The SMILES string of the molecule is CCN1C(=O)[C@H]2[C@@H](c3ccc(Cl)cc3)N3C(=O)CN(CC4CC4)C(=O)[C@@]3(C)[C@H]2C1=O. The molecule has 0 unspecified atom stereocenters. The van der Waals surface area contributed by atoms with Crippen molar-refractivity contribution in [3.8, 4) is 0 Å². The first-order valence-corrected chi connectivity index (χ1v) is 10.9. The Labute approximate surface area is 179 Å². The van der Waals surface area contributed by atoms with Crippen LogP contribution in [-0.2, 0) is 19.2 Å². The molecule has 7 nitrogen and oxygen atoms in total. The predicted octanol–water partition coefficient (Wildman–Crippen LogP) is 1.86. The minimum Gasteiger partial charge on any atom is -0.331 e. The van der Waals surface area contributed by atoms with Crippen LogP contribution in [0.4, 0.5) is 0 Å². The van der Waals surface area contributed by atoms with E-state index in [0.29, 0.717) is 23.0 Å². The zero-order valence-electron chi connectivity index (χ0n) is 17.0. The molecule has 4 amide bonds. The third kappa shape index (κ3) is 2.51. The van der Waals surface area contributed by atoms with Crippen LogP contribution in [0.15, 0.2) is 24.3 Å². The lowest BCUT2D eigenvalue weighted by Crippen LogP contribution is -2.67. The predicted molar refractivity (Wildman–Crippen MR) is 108 cm³/mol. The monoisotopic (exact) mass is 429 g/mol. The van der Waals surface area contributed by atoms with E-state index in [4.69, 9.17) is 11.6 Å². The summed E-state index contributed by atoms with van der Waals surface area (Å²) in [4.78, 5) is 58.0. The van der Waals surface area contributed by atoms with Gasteiger partial charge in [0.2, 0.25) is 23.6 Å². The summed E-state index contributed by atoms with van der Waals surface area (Å²) in [5.41, 5.74) is -0.649. The van der Waals surface area contributed by atoms with Crippen molar-refractivity contribution in [2.75, 3.05) is 19.6 Å². The van der Waals surface area contributed by atoms with E-state index in [9.17, 15) is 19.2 Å². The van der Waals surface area contributed by atoms with Gasteiger partial charge in [-0.3, -0.25) is 24.1 Å². The van der Waals surface area contributed by atoms with Gasteiger partial charge in [0, 0.05) is 18.1 Å². The molecule has 4 fully saturated rings. The molecule has 1 saturated carbocycles. The summed E-state index contributed by atoms with van der Waals surface area (Å²) in [7, 11) is 0. The maximum Gasteiger partial charge on any atom is 0.249 e. The number of carbonyl (C=O) groups is 4. The van der Waals surface area contributed by atoms with Gasteiger partial charge in [-0.15, -0.1) is 0 Å². The smallest absolute Gasteiger partial charge is 0.249 e. The van der Waals surface area contributed by atoms with Gasteiger partial charge < -0.3 is 9.80 Å². The Balaban J connectivity index is 1.65. The topological polar surface area (TPSA) is 78.0 Å². The van der Waals surface area contributed by atoms with Gasteiger partial charge >= 0.3 is 0 Å². The summed E-state index contributed by atoms with van der Waals surface area (Å²) in [5.74, 6) is -2.31. The van der Waals surface area contributed by atoms with Crippen molar-refractivity contribution in [3.63, 3.8) is 0 Å². The Kier molecular flexibility index (Phi) is 4.26. The molecule has 1 aliphatic carbocycles. The van der Waals surface area contributed by atoms with Crippen molar-refractivity contribution >= 4 is 35.2 Å². The first-order valence-electron chi connectivity index (χ1n) is 10.5. The molecule has 158 valence electrons. The van der Waals surface area contributed by atoms with E-state index in [2.05, 4.69) is 0 Å². The van der Waals surface area contributed by atoms with Crippen LogP contribution in [0.3, 0.4) is 0 Å².